The summed E-state index contributed by atoms with van der Waals surface area (Å²) in [5.74, 6) is -6.11. The maximum atomic E-state index is 13.3. The van der Waals surface area contributed by atoms with Crippen LogP contribution in [0.2, 0.25) is 0 Å². The number of nitrogens with zero attached hydrogens (tertiary/aromatic N) is 2. The van der Waals surface area contributed by atoms with Crippen LogP contribution in [0.1, 0.15) is 32.6 Å². The van der Waals surface area contributed by atoms with E-state index in [2.05, 4.69) is 15.5 Å². The summed E-state index contributed by atoms with van der Waals surface area (Å²) >= 11 is 0. The monoisotopic (exact) mass is 275 g/mol. The van der Waals surface area contributed by atoms with Gasteiger partial charge in [0.1, 0.15) is 5.69 Å². The maximum Gasteiger partial charge on any atom is 0.254 e. The van der Waals surface area contributed by atoms with Gasteiger partial charge in [0.25, 0.3) is 11.9 Å². The summed E-state index contributed by atoms with van der Waals surface area (Å²) in [7, 11) is 0. The highest BCUT2D eigenvalue weighted by molar-refractivity contribution is 5.85. The first kappa shape index (κ1) is 13.8. The van der Waals surface area contributed by atoms with E-state index in [9.17, 15) is 17.6 Å². The van der Waals surface area contributed by atoms with Gasteiger partial charge in [0.05, 0.1) is 0 Å². The molecule has 19 heavy (non-hydrogen) atoms. The van der Waals surface area contributed by atoms with Crippen molar-refractivity contribution >= 4 is 11.4 Å². The number of rotatable bonds is 2. The first-order chi connectivity index (χ1) is 8.99. The van der Waals surface area contributed by atoms with Crippen LogP contribution in [0.5, 0.6) is 0 Å². The molecule has 1 saturated carbocycles. The Balaban J connectivity index is 2.22. The fourth-order valence-corrected chi connectivity index (χ4v) is 2.08. The molecule has 2 rings (SSSR count). The van der Waals surface area contributed by atoms with Gasteiger partial charge in [-0.3, -0.25) is 5.43 Å². The molecule has 1 fully saturated rings. The summed E-state index contributed by atoms with van der Waals surface area (Å²) < 4.78 is 52.3. The van der Waals surface area contributed by atoms with Gasteiger partial charge in [-0.05, 0) is 31.6 Å². The molecule has 104 valence electrons. The van der Waals surface area contributed by atoms with Crippen LogP contribution in [0.15, 0.2) is 5.10 Å². The van der Waals surface area contributed by atoms with Crippen molar-refractivity contribution in [2.24, 2.45) is 11.0 Å². The van der Waals surface area contributed by atoms with E-state index in [4.69, 9.17) is 0 Å². The number of halogens is 4. The topological polar surface area (TPSA) is 37.3 Å². The molecule has 1 N–H and O–H groups in total. The standard InChI is InChI=1S/C12H13F4N3/c1-6-3-2-4-7(5-6)18-19-10-8(13)11(15)17-12(16)9(10)14/h6H,2-5H2,1H3,(H,17,19)/b18-7-/t6-/m0/s1. The molecule has 1 aliphatic carbocycles. The zero-order valence-corrected chi connectivity index (χ0v) is 10.3. The first-order valence-corrected chi connectivity index (χ1v) is 6.00. The molecule has 0 aliphatic heterocycles. The largest absolute Gasteiger partial charge is 0.272 e. The van der Waals surface area contributed by atoms with E-state index in [0.717, 1.165) is 18.6 Å². The van der Waals surface area contributed by atoms with Gasteiger partial charge in [-0.25, -0.2) is 0 Å². The number of nitrogens with one attached hydrogen (secondary N) is 1. The van der Waals surface area contributed by atoms with E-state index in [-0.39, 0.29) is 0 Å². The fourth-order valence-electron chi connectivity index (χ4n) is 2.08. The maximum absolute atomic E-state index is 13.3. The Bertz CT molecular complexity index is 490. The number of anilines is 1. The normalized spacial score (nSPS) is 21.7. The second-order valence-electron chi connectivity index (χ2n) is 4.69. The van der Waals surface area contributed by atoms with Crippen molar-refractivity contribution in [3.63, 3.8) is 0 Å². The van der Waals surface area contributed by atoms with Crippen LogP contribution in [0.3, 0.4) is 0 Å². The molecular weight excluding hydrogens is 262 g/mol. The molecule has 0 amide bonds. The Morgan fingerprint density at radius 2 is 1.79 bits per heavy atom. The Hall–Kier alpha value is -1.66. The van der Waals surface area contributed by atoms with Crippen molar-refractivity contribution in [3.05, 3.63) is 23.5 Å². The second-order valence-corrected chi connectivity index (χ2v) is 4.69. The van der Waals surface area contributed by atoms with E-state index in [1.807, 2.05) is 6.92 Å². The minimum absolute atomic E-state index is 0.440. The number of hydrazone groups is 1. The zero-order chi connectivity index (χ0) is 14.0. The lowest BCUT2D eigenvalue weighted by molar-refractivity contribution is 0.410. The summed E-state index contributed by atoms with van der Waals surface area (Å²) in [4.78, 5) is 2.47. The number of aromatic nitrogens is 1. The smallest absolute Gasteiger partial charge is 0.254 e. The van der Waals surface area contributed by atoms with Crippen LogP contribution in [-0.4, -0.2) is 10.7 Å². The van der Waals surface area contributed by atoms with Gasteiger partial charge in [0, 0.05) is 5.71 Å². The van der Waals surface area contributed by atoms with Crippen molar-refractivity contribution in [3.8, 4) is 0 Å². The van der Waals surface area contributed by atoms with Crippen LogP contribution < -0.4 is 5.43 Å². The molecule has 1 aromatic heterocycles. The summed E-state index contributed by atoms with van der Waals surface area (Å²) in [6.45, 7) is 2.04. The molecule has 1 aromatic rings. The molecule has 1 atom stereocenters. The molecule has 0 saturated heterocycles. The van der Waals surface area contributed by atoms with E-state index >= 15 is 0 Å². The molecule has 1 aliphatic rings. The lowest BCUT2D eigenvalue weighted by Crippen LogP contribution is -2.15. The summed E-state index contributed by atoms with van der Waals surface area (Å²) in [5, 5.41) is 3.83. The molecule has 0 spiro atoms. The van der Waals surface area contributed by atoms with Crippen LogP contribution in [0.4, 0.5) is 23.2 Å². The Morgan fingerprint density at radius 3 is 2.37 bits per heavy atom. The summed E-state index contributed by atoms with van der Waals surface area (Å²) in [6.07, 6.45) is 3.41. The molecule has 7 heteroatoms. The van der Waals surface area contributed by atoms with Gasteiger partial charge >= 0.3 is 0 Å². The highest BCUT2D eigenvalue weighted by atomic mass is 19.2. The lowest BCUT2D eigenvalue weighted by atomic mass is 9.89. The molecule has 3 nitrogen and oxygen atoms in total. The highest BCUT2D eigenvalue weighted by Crippen LogP contribution is 2.24. The lowest BCUT2D eigenvalue weighted by Gasteiger charge is -2.19. The number of hydrogen-bond donors (Lipinski definition) is 1. The third-order valence-corrected chi connectivity index (χ3v) is 3.07. The molecular formula is C12H13F4N3. The Kier molecular flexibility index (Phi) is 4.01. The van der Waals surface area contributed by atoms with Crippen molar-refractivity contribution in [2.45, 2.75) is 32.6 Å². The van der Waals surface area contributed by atoms with Gasteiger partial charge in [-0.2, -0.15) is 27.6 Å². The van der Waals surface area contributed by atoms with Gasteiger partial charge in [-0.15, -0.1) is 0 Å². The van der Waals surface area contributed by atoms with Crippen molar-refractivity contribution in [1.82, 2.24) is 4.98 Å². The zero-order valence-electron chi connectivity index (χ0n) is 10.3. The quantitative estimate of drug-likeness (QED) is 0.508. The van der Waals surface area contributed by atoms with Crippen molar-refractivity contribution in [2.75, 3.05) is 5.43 Å². The van der Waals surface area contributed by atoms with E-state index in [1.54, 1.807) is 0 Å². The predicted octanol–water partition coefficient (Wildman–Crippen LogP) is 3.62. The number of pyridine rings is 1. The van der Waals surface area contributed by atoms with E-state index in [1.165, 1.54) is 0 Å². The van der Waals surface area contributed by atoms with Crippen LogP contribution in [-0.2, 0) is 0 Å². The van der Waals surface area contributed by atoms with E-state index in [0.29, 0.717) is 18.8 Å². The van der Waals surface area contributed by atoms with Crippen molar-refractivity contribution < 1.29 is 17.6 Å². The first-order valence-electron chi connectivity index (χ1n) is 6.00. The SMILES string of the molecule is C[C@H]1CCC/C(=N/Nc2c(F)c(F)nc(F)c2F)C1. The average Bonchev–Trinajstić information content (AvgIpc) is 2.36. The minimum Gasteiger partial charge on any atom is -0.272 e. The van der Waals surface area contributed by atoms with Crippen molar-refractivity contribution in [1.29, 1.82) is 0 Å². The van der Waals surface area contributed by atoms with Crippen LogP contribution >= 0.6 is 0 Å². The molecule has 0 bridgehead atoms. The van der Waals surface area contributed by atoms with E-state index < -0.39 is 29.2 Å². The van der Waals surface area contributed by atoms with Gasteiger partial charge in [0.2, 0.25) is 11.6 Å². The fraction of sp³-hybridized carbons (Fsp3) is 0.500. The molecule has 0 radical (unpaired) electrons. The molecule has 1 heterocycles. The summed E-state index contributed by atoms with van der Waals surface area (Å²) in [6, 6.07) is 0. The summed E-state index contributed by atoms with van der Waals surface area (Å²) in [5.41, 5.74) is 1.85. The number of hydrogen-bond acceptors (Lipinski definition) is 3. The Morgan fingerprint density at radius 1 is 1.16 bits per heavy atom. The predicted molar refractivity (Wildman–Crippen MR) is 62.8 cm³/mol. The van der Waals surface area contributed by atoms with Gasteiger partial charge < -0.3 is 0 Å². The average molecular weight is 275 g/mol. The minimum atomic E-state index is -1.70. The second kappa shape index (κ2) is 5.54. The Labute approximate surface area is 107 Å². The highest BCUT2D eigenvalue weighted by Gasteiger charge is 2.21. The molecule has 0 unspecified atom stereocenters. The third kappa shape index (κ3) is 3.02. The van der Waals surface area contributed by atoms with Gasteiger partial charge in [-0.1, -0.05) is 6.92 Å². The van der Waals surface area contributed by atoms with Crippen LogP contribution in [0, 0.1) is 29.4 Å². The molecule has 0 aromatic carbocycles. The third-order valence-electron chi connectivity index (χ3n) is 3.07. The van der Waals surface area contributed by atoms with Crippen LogP contribution in [0.25, 0.3) is 0 Å². The van der Waals surface area contributed by atoms with Gasteiger partial charge in [0.15, 0.2) is 0 Å².